The van der Waals surface area contributed by atoms with Crippen LogP contribution in [-0.2, 0) is 0 Å². The molecule has 3 heteroatoms. The van der Waals surface area contributed by atoms with E-state index in [1.165, 1.54) is 32.6 Å². The molecule has 0 bridgehead atoms. The first-order chi connectivity index (χ1) is 22.8. The van der Waals surface area contributed by atoms with Crippen LogP contribution in [0.5, 0.6) is 0 Å². The van der Waals surface area contributed by atoms with Crippen LogP contribution in [-0.4, -0.2) is 9.13 Å². The van der Waals surface area contributed by atoms with Crippen LogP contribution in [0, 0.1) is 11.3 Å². The Morgan fingerprint density at radius 2 is 0.848 bits per heavy atom. The highest BCUT2D eigenvalue weighted by Gasteiger charge is 2.20. The van der Waals surface area contributed by atoms with Crippen LogP contribution in [0.1, 0.15) is 5.56 Å². The van der Waals surface area contributed by atoms with E-state index in [1.54, 1.807) is 0 Å². The molecular formula is C43H27N3. The van der Waals surface area contributed by atoms with E-state index >= 15 is 0 Å². The number of aromatic nitrogens is 2. The van der Waals surface area contributed by atoms with Crippen LogP contribution in [0.3, 0.4) is 0 Å². The average Bonchev–Trinajstić information content (AvgIpc) is 3.64. The lowest BCUT2D eigenvalue weighted by Gasteiger charge is -2.18. The summed E-state index contributed by atoms with van der Waals surface area (Å²) in [5.74, 6) is 0. The number of hydrogen-bond donors (Lipinski definition) is 0. The lowest BCUT2D eigenvalue weighted by molar-refractivity contribution is 1.17. The van der Waals surface area contributed by atoms with Crippen molar-refractivity contribution in [3.05, 3.63) is 169 Å². The summed E-state index contributed by atoms with van der Waals surface area (Å²) in [6.07, 6.45) is 0. The van der Waals surface area contributed by atoms with Gasteiger partial charge in [-0.2, -0.15) is 5.26 Å². The van der Waals surface area contributed by atoms with Crippen LogP contribution in [0.2, 0.25) is 0 Å². The third-order valence-electron chi connectivity index (χ3n) is 9.17. The summed E-state index contributed by atoms with van der Waals surface area (Å²) >= 11 is 0. The van der Waals surface area contributed by atoms with Gasteiger partial charge in [-0.25, -0.2) is 0 Å². The van der Waals surface area contributed by atoms with Gasteiger partial charge in [0.05, 0.1) is 33.3 Å². The topological polar surface area (TPSA) is 33.6 Å². The van der Waals surface area contributed by atoms with Gasteiger partial charge in [-0.15, -0.1) is 0 Å². The maximum atomic E-state index is 10.5. The summed E-state index contributed by atoms with van der Waals surface area (Å²) < 4.78 is 4.63. The van der Waals surface area contributed by atoms with E-state index in [2.05, 4.69) is 167 Å². The van der Waals surface area contributed by atoms with Gasteiger partial charge in [-0.1, -0.05) is 121 Å². The van der Waals surface area contributed by atoms with Gasteiger partial charge in [0.25, 0.3) is 0 Å². The van der Waals surface area contributed by atoms with E-state index in [0.29, 0.717) is 5.56 Å². The number of benzene rings is 7. The number of rotatable bonds is 4. The minimum atomic E-state index is 0.637. The number of nitrogens with zero attached hydrogens (tertiary/aromatic N) is 3. The van der Waals surface area contributed by atoms with Gasteiger partial charge in [-0.3, -0.25) is 0 Å². The van der Waals surface area contributed by atoms with Crippen molar-refractivity contribution >= 4 is 43.6 Å². The van der Waals surface area contributed by atoms with E-state index < -0.39 is 0 Å². The molecule has 0 spiro atoms. The molecule has 7 aromatic carbocycles. The smallest absolute Gasteiger partial charge is 0.101 e. The van der Waals surface area contributed by atoms with Gasteiger partial charge in [0.2, 0.25) is 0 Å². The number of hydrogen-bond acceptors (Lipinski definition) is 1. The lowest BCUT2D eigenvalue weighted by Crippen LogP contribution is -2.01. The highest BCUT2D eigenvalue weighted by atomic mass is 15.0. The van der Waals surface area contributed by atoms with Crippen molar-refractivity contribution in [3.8, 4) is 39.7 Å². The van der Waals surface area contributed by atoms with Crippen molar-refractivity contribution in [1.29, 1.82) is 5.26 Å². The number of para-hydroxylation sites is 5. The molecule has 9 rings (SSSR count). The molecule has 0 fully saturated rings. The molecule has 0 aliphatic rings. The van der Waals surface area contributed by atoms with Crippen LogP contribution in [0.4, 0.5) is 0 Å². The van der Waals surface area contributed by atoms with Gasteiger partial charge in [-0.05, 0) is 59.2 Å². The van der Waals surface area contributed by atoms with Crippen LogP contribution in [0.25, 0.3) is 77.2 Å². The molecule has 214 valence electrons. The fourth-order valence-electron chi connectivity index (χ4n) is 7.24. The second-order valence-corrected chi connectivity index (χ2v) is 11.6. The minimum absolute atomic E-state index is 0.637. The highest BCUT2D eigenvalue weighted by molar-refractivity contribution is 6.11. The van der Waals surface area contributed by atoms with Crippen LogP contribution in [0.15, 0.2) is 164 Å². The van der Waals surface area contributed by atoms with Crippen LogP contribution >= 0.6 is 0 Å². The molecule has 0 unspecified atom stereocenters. The minimum Gasteiger partial charge on any atom is -0.309 e. The Labute approximate surface area is 266 Å². The largest absolute Gasteiger partial charge is 0.309 e. The van der Waals surface area contributed by atoms with Crippen molar-refractivity contribution in [2.24, 2.45) is 0 Å². The van der Waals surface area contributed by atoms with Crippen molar-refractivity contribution in [2.75, 3.05) is 0 Å². The third kappa shape index (κ3) is 3.84. The SMILES string of the molecule is N#Cc1cccc(-c2ccccc2-c2cccc(-n3c4ccccc4c4ccccc43)c2)c1-n1c2ccccc2c2ccccc21. The van der Waals surface area contributed by atoms with Crippen LogP contribution < -0.4 is 0 Å². The first-order valence-electron chi connectivity index (χ1n) is 15.5. The highest BCUT2D eigenvalue weighted by Crippen LogP contribution is 2.41. The average molecular weight is 586 g/mol. The van der Waals surface area contributed by atoms with Gasteiger partial charge >= 0.3 is 0 Å². The number of fused-ring (bicyclic) bond motifs is 6. The van der Waals surface area contributed by atoms with Gasteiger partial charge < -0.3 is 9.13 Å². The Bertz CT molecular complexity index is 2560. The van der Waals surface area contributed by atoms with Crippen molar-refractivity contribution in [3.63, 3.8) is 0 Å². The predicted octanol–water partition coefficient (Wildman–Crippen LogP) is 11.1. The fraction of sp³-hybridized carbons (Fsp3) is 0. The molecular weight excluding hydrogens is 558 g/mol. The Morgan fingerprint density at radius 1 is 0.391 bits per heavy atom. The summed E-state index contributed by atoms with van der Waals surface area (Å²) in [4.78, 5) is 0. The molecule has 0 N–H and O–H groups in total. The number of nitriles is 1. The normalized spacial score (nSPS) is 11.5. The molecule has 46 heavy (non-hydrogen) atoms. The maximum absolute atomic E-state index is 10.5. The van der Waals surface area contributed by atoms with E-state index in [9.17, 15) is 5.26 Å². The van der Waals surface area contributed by atoms with Crippen molar-refractivity contribution in [2.45, 2.75) is 0 Å². The Hall–Kier alpha value is -6.37. The molecule has 0 saturated heterocycles. The second kappa shape index (κ2) is 10.4. The van der Waals surface area contributed by atoms with Gasteiger partial charge in [0.1, 0.15) is 6.07 Å². The molecule has 0 radical (unpaired) electrons. The molecule has 3 nitrogen and oxygen atoms in total. The summed E-state index contributed by atoms with van der Waals surface area (Å²) in [7, 11) is 0. The molecule has 2 aromatic heterocycles. The summed E-state index contributed by atoms with van der Waals surface area (Å²) in [5.41, 5.74) is 11.5. The predicted molar refractivity (Wildman–Crippen MR) is 191 cm³/mol. The molecule has 2 heterocycles. The maximum Gasteiger partial charge on any atom is 0.101 e. The zero-order valence-electron chi connectivity index (χ0n) is 24.9. The molecule has 0 aliphatic carbocycles. The monoisotopic (exact) mass is 585 g/mol. The zero-order valence-corrected chi connectivity index (χ0v) is 24.9. The van der Waals surface area contributed by atoms with E-state index in [4.69, 9.17) is 0 Å². The zero-order chi connectivity index (χ0) is 30.6. The molecule has 9 aromatic rings. The lowest BCUT2D eigenvalue weighted by atomic mass is 9.92. The second-order valence-electron chi connectivity index (χ2n) is 11.6. The van der Waals surface area contributed by atoms with E-state index in [0.717, 1.165) is 44.7 Å². The fourth-order valence-corrected chi connectivity index (χ4v) is 7.24. The van der Waals surface area contributed by atoms with E-state index in [1.807, 2.05) is 12.1 Å². The first kappa shape index (κ1) is 26.1. The molecule has 0 saturated carbocycles. The first-order valence-corrected chi connectivity index (χ1v) is 15.5. The van der Waals surface area contributed by atoms with Gasteiger partial charge in [0, 0.05) is 32.8 Å². The Balaban J connectivity index is 1.30. The van der Waals surface area contributed by atoms with Crippen molar-refractivity contribution in [1.82, 2.24) is 9.13 Å². The summed E-state index contributed by atoms with van der Waals surface area (Å²) in [6.45, 7) is 0. The molecule has 0 aliphatic heterocycles. The van der Waals surface area contributed by atoms with Gasteiger partial charge in [0.15, 0.2) is 0 Å². The standard InChI is InChI=1S/C43H27N3/c44-28-30-14-12-22-38(43(30)46-41-25-9-5-20-36(41)37-21-6-10-26-42(37)46)33-17-2-1-16-32(33)29-13-11-15-31(27-29)45-39-23-7-3-18-34(39)35-19-4-8-24-40(35)45/h1-27H. The summed E-state index contributed by atoms with van der Waals surface area (Å²) in [5, 5.41) is 15.3. The van der Waals surface area contributed by atoms with E-state index in [-0.39, 0.29) is 0 Å². The third-order valence-corrected chi connectivity index (χ3v) is 9.17. The van der Waals surface area contributed by atoms with Crippen molar-refractivity contribution < 1.29 is 0 Å². The Morgan fingerprint density at radius 3 is 1.41 bits per heavy atom. The molecule has 0 amide bonds. The Kier molecular flexibility index (Phi) is 5.88. The molecule has 0 atom stereocenters. The quantitative estimate of drug-likeness (QED) is 0.202. The summed E-state index contributed by atoms with van der Waals surface area (Å²) in [6, 6.07) is 60.1.